The summed E-state index contributed by atoms with van der Waals surface area (Å²) in [7, 11) is 1.68. The first-order chi connectivity index (χ1) is 8.32. The lowest BCUT2D eigenvalue weighted by molar-refractivity contribution is 0.0697. The summed E-state index contributed by atoms with van der Waals surface area (Å²) in [5.41, 5.74) is 0.563. The highest BCUT2D eigenvalue weighted by atomic mass is 79.9. The number of aromatic carboxylic acids is 1. The van der Waals surface area contributed by atoms with Gasteiger partial charge in [0.15, 0.2) is 0 Å². The standard InChI is InChI=1S/C12H15BrN2O3/c1-7(2)15(3)12(18)14-10-6-8(11(16)17)4-5-9(10)13/h4-7H,1-3H3,(H,14,18)(H,16,17). The number of carboxylic acids is 1. The van der Waals surface area contributed by atoms with Gasteiger partial charge in [-0.25, -0.2) is 9.59 Å². The summed E-state index contributed by atoms with van der Waals surface area (Å²) in [6.07, 6.45) is 0. The zero-order valence-electron chi connectivity index (χ0n) is 10.4. The van der Waals surface area contributed by atoms with Crippen LogP contribution in [0.15, 0.2) is 22.7 Å². The Morgan fingerprint density at radius 1 is 1.39 bits per heavy atom. The summed E-state index contributed by atoms with van der Waals surface area (Å²) in [5.74, 6) is -1.03. The van der Waals surface area contributed by atoms with Crippen LogP contribution in [0.25, 0.3) is 0 Å². The highest BCUT2D eigenvalue weighted by Gasteiger charge is 2.14. The van der Waals surface area contributed by atoms with Crippen molar-refractivity contribution in [2.75, 3.05) is 12.4 Å². The van der Waals surface area contributed by atoms with E-state index < -0.39 is 5.97 Å². The van der Waals surface area contributed by atoms with Crippen LogP contribution in [0.3, 0.4) is 0 Å². The molecule has 18 heavy (non-hydrogen) atoms. The lowest BCUT2D eigenvalue weighted by atomic mass is 10.2. The number of nitrogens with one attached hydrogen (secondary N) is 1. The lowest BCUT2D eigenvalue weighted by Gasteiger charge is -2.22. The third-order valence-electron chi connectivity index (χ3n) is 2.55. The predicted octanol–water partition coefficient (Wildman–Crippen LogP) is 3.02. The van der Waals surface area contributed by atoms with Gasteiger partial charge in [0.1, 0.15) is 0 Å². The molecule has 0 bridgehead atoms. The fourth-order valence-electron chi connectivity index (χ4n) is 1.19. The first-order valence-corrected chi connectivity index (χ1v) is 6.19. The van der Waals surface area contributed by atoms with Crippen LogP contribution in [-0.4, -0.2) is 35.1 Å². The Labute approximate surface area is 114 Å². The van der Waals surface area contributed by atoms with E-state index in [4.69, 9.17) is 5.11 Å². The monoisotopic (exact) mass is 314 g/mol. The van der Waals surface area contributed by atoms with E-state index in [9.17, 15) is 9.59 Å². The van der Waals surface area contributed by atoms with Crippen molar-refractivity contribution in [3.63, 3.8) is 0 Å². The van der Waals surface area contributed by atoms with Gasteiger partial charge in [0.25, 0.3) is 0 Å². The molecule has 0 saturated carbocycles. The van der Waals surface area contributed by atoms with Gasteiger partial charge in [-0.15, -0.1) is 0 Å². The summed E-state index contributed by atoms with van der Waals surface area (Å²) in [5, 5.41) is 11.6. The van der Waals surface area contributed by atoms with Crippen LogP contribution < -0.4 is 5.32 Å². The molecule has 6 heteroatoms. The number of urea groups is 1. The number of hydrogen-bond acceptors (Lipinski definition) is 2. The van der Waals surface area contributed by atoms with Crippen LogP contribution in [0.5, 0.6) is 0 Å². The number of anilines is 1. The smallest absolute Gasteiger partial charge is 0.335 e. The van der Waals surface area contributed by atoms with E-state index in [-0.39, 0.29) is 17.6 Å². The van der Waals surface area contributed by atoms with Crippen molar-refractivity contribution in [3.05, 3.63) is 28.2 Å². The van der Waals surface area contributed by atoms with E-state index in [0.717, 1.165) is 0 Å². The highest BCUT2D eigenvalue weighted by molar-refractivity contribution is 9.10. The van der Waals surface area contributed by atoms with Gasteiger partial charge in [0.2, 0.25) is 0 Å². The lowest BCUT2D eigenvalue weighted by Crippen LogP contribution is -2.36. The quantitative estimate of drug-likeness (QED) is 0.901. The summed E-state index contributed by atoms with van der Waals surface area (Å²) < 4.78 is 0.637. The molecule has 0 atom stereocenters. The van der Waals surface area contributed by atoms with Gasteiger partial charge >= 0.3 is 12.0 Å². The number of halogens is 1. The Balaban J connectivity index is 2.93. The van der Waals surface area contributed by atoms with E-state index >= 15 is 0 Å². The van der Waals surface area contributed by atoms with E-state index in [0.29, 0.717) is 10.2 Å². The molecule has 1 rings (SSSR count). The molecular weight excluding hydrogens is 300 g/mol. The molecular formula is C12H15BrN2O3. The van der Waals surface area contributed by atoms with Crippen molar-refractivity contribution in [1.82, 2.24) is 4.90 Å². The third-order valence-corrected chi connectivity index (χ3v) is 3.24. The molecule has 0 unspecified atom stereocenters. The fourth-order valence-corrected chi connectivity index (χ4v) is 1.54. The number of carboxylic acid groups (broad SMARTS) is 1. The van der Waals surface area contributed by atoms with Gasteiger partial charge in [0, 0.05) is 17.6 Å². The molecule has 0 aliphatic rings. The number of carbonyl (C=O) groups is 2. The van der Waals surface area contributed by atoms with Gasteiger partial charge in [-0.1, -0.05) is 0 Å². The topological polar surface area (TPSA) is 69.6 Å². The minimum atomic E-state index is -1.03. The molecule has 0 fully saturated rings. The van der Waals surface area contributed by atoms with E-state index in [2.05, 4.69) is 21.2 Å². The van der Waals surface area contributed by atoms with Crippen LogP contribution in [0.4, 0.5) is 10.5 Å². The van der Waals surface area contributed by atoms with Gasteiger partial charge < -0.3 is 15.3 Å². The molecule has 5 nitrogen and oxygen atoms in total. The van der Waals surface area contributed by atoms with Crippen LogP contribution in [0.2, 0.25) is 0 Å². The molecule has 0 heterocycles. The maximum atomic E-state index is 11.8. The molecule has 0 aromatic heterocycles. The normalized spacial score (nSPS) is 10.3. The molecule has 98 valence electrons. The Hall–Kier alpha value is -1.56. The van der Waals surface area contributed by atoms with E-state index in [1.165, 1.54) is 17.0 Å². The largest absolute Gasteiger partial charge is 0.478 e. The maximum absolute atomic E-state index is 11.8. The average molecular weight is 315 g/mol. The first-order valence-electron chi connectivity index (χ1n) is 5.39. The van der Waals surface area contributed by atoms with Gasteiger partial charge in [0.05, 0.1) is 11.3 Å². The predicted molar refractivity (Wildman–Crippen MR) is 73.0 cm³/mol. The van der Waals surface area contributed by atoms with E-state index in [1.54, 1.807) is 13.1 Å². The van der Waals surface area contributed by atoms with Crippen LogP contribution in [-0.2, 0) is 0 Å². The molecule has 2 N–H and O–H groups in total. The molecule has 1 aromatic carbocycles. The first kappa shape index (κ1) is 14.5. The average Bonchev–Trinajstić information content (AvgIpc) is 2.30. The van der Waals surface area contributed by atoms with Crippen molar-refractivity contribution >= 4 is 33.6 Å². The van der Waals surface area contributed by atoms with Crippen molar-refractivity contribution in [1.29, 1.82) is 0 Å². The number of nitrogens with zero attached hydrogens (tertiary/aromatic N) is 1. The van der Waals surface area contributed by atoms with Gasteiger partial charge in [-0.3, -0.25) is 0 Å². The van der Waals surface area contributed by atoms with Crippen molar-refractivity contribution in [3.8, 4) is 0 Å². The molecule has 0 saturated heterocycles. The zero-order chi connectivity index (χ0) is 13.9. The van der Waals surface area contributed by atoms with Crippen LogP contribution >= 0.6 is 15.9 Å². The fraction of sp³-hybridized carbons (Fsp3) is 0.333. The summed E-state index contributed by atoms with van der Waals surface area (Å²) in [6.45, 7) is 3.78. The molecule has 0 aliphatic heterocycles. The Morgan fingerprint density at radius 3 is 2.50 bits per heavy atom. The Morgan fingerprint density at radius 2 is 2.00 bits per heavy atom. The SMILES string of the molecule is CC(C)N(C)C(=O)Nc1cc(C(=O)O)ccc1Br. The summed E-state index contributed by atoms with van der Waals surface area (Å²) in [6, 6.07) is 4.25. The number of benzene rings is 1. The number of carbonyl (C=O) groups excluding carboxylic acids is 1. The molecule has 0 radical (unpaired) electrons. The van der Waals surface area contributed by atoms with Gasteiger partial charge in [-0.05, 0) is 48.0 Å². The highest BCUT2D eigenvalue weighted by Crippen LogP contribution is 2.24. The van der Waals surface area contributed by atoms with Crippen LogP contribution in [0, 0.1) is 0 Å². The second-order valence-electron chi connectivity index (χ2n) is 4.13. The van der Waals surface area contributed by atoms with Crippen molar-refractivity contribution < 1.29 is 14.7 Å². The molecule has 2 amide bonds. The minimum Gasteiger partial charge on any atom is -0.478 e. The Bertz CT molecular complexity index is 474. The number of rotatable bonds is 3. The van der Waals surface area contributed by atoms with Gasteiger partial charge in [-0.2, -0.15) is 0 Å². The molecule has 0 spiro atoms. The Kier molecular flexibility index (Phi) is 4.72. The zero-order valence-corrected chi connectivity index (χ0v) is 12.0. The summed E-state index contributed by atoms with van der Waals surface area (Å²) in [4.78, 5) is 24.2. The third kappa shape index (κ3) is 3.46. The van der Waals surface area contributed by atoms with Crippen molar-refractivity contribution in [2.45, 2.75) is 19.9 Å². The minimum absolute atomic E-state index is 0.0615. The second kappa shape index (κ2) is 5.86. The maximum Gasteiger partial charge on any atom is 0.335 e. The van der Waals surface area contributed by atoms with Crippen molar-refractivity contribution in [2.24, 2.45) is 0 Å². The molecule has 0 aliphatic carbocycles. The second-order valence-corrected chi connectivity index (χ2v) is 4.99. The summed E-state index contributed by atoms with van der Waals surface area (Å²) >= 11 is 3.27. The molecule has 1 aromatic rings. The van der Waals surface area contributed by atoms with E-state index in [1.807, 2.05) is 13.8 Å². The number of hydrogen-bond donors (Lipinski definition) is 2. The number of amides is 2. The van der Waals surface area contributed by atoms with Crippen LogP contribution in [0.1, 0.15) is 24.2 Å².